The van der Waals surface area contributed by atoms with Crippen LogP contribution in [0.3, 0.4) is 0 Å². The summed E-state index contributed by atoms with van der Waals surface area (Å²) in [7, 11) is 0. The van der Waals surface area contributed by atoms with E-state index in [1.165, 1.54) is 0 Å². The Labute approximate surface area is 161 Å². The van der Waals surface area contributed by atoms with Crippen LogP contribution in [0, 0.1) is 16.7 Å². The smallest absolute Gasteiger partial charge is 0.408 e. The van der Waals surface area contributed by atoms with Crippen molar-refractivity contribution in [1.82, 2.24) is 5.32 Å². The Morgan fingerprint density at radius 2 is 1.58 bits per heavy atom. The van der Waals surface area contributed by atoms with Crippen LogP contribution in [0.25, 0.3) is 0 Å². The molecular formula is C22H41NO3. The molecule has 1 amide bonds. The monoisotopic (exact) mass is 367 g/mol. The van der Waals surface area contributed by atoms with Crippen LogP contribution in [-0.2, 0) is 9.53 Å². The van der Waals surface area contributed by atoms with Crippen LogP contribution < -0.4 is 5.32 Å². The number of amides is 1. The third-order valence-corrected chi connectivity index (χ3v) is 5.38. The number of carbonyl (C=O) groups is 2. The lowest BCUT2D eigenvalue weighted by Crippen LogP contribution is -2.45. The standard InChI is InChI=1S/C22H41NO3/c1-11-14-21(7,8)22(9,10)15-12-13-17(18(24)16(2)3)23-19(25)26-20(4,5)6/h11,16-17H,1,12-15H2,2-10H3,(H,23,25). The van der Waals surface area contributed by atoms with Crippen LogP contribution in [0.15, 0.2) is 12.7 Å². The molecular weight excluding hydrogens is 326 g/mol. The van der Waals surface area contributed by atoms with E-state index in [2.05, 4.69) is 39.6 Å². The van der Waals surface area contributed by atoms with Crippen LogP contribution in [0.1, 0.15) is 88.0 Å². The van der Waals surface area contributed by atoms with Crippen molar-refractivity contribution in [2.24, 2.45) is 16.7 Å². The van der Waals surface area contributed by atoms with Crippen LogP contribution in [-0.4, -0.2) is 23.5 Å². The van der Waals surface area contributed by atoms with Gasteiger partial charge in [0, 0.05) is 5.92 Å². The molecule has 0 aromatic heterocycles. The van der Waals surface area contributed by atoms with E-state index in [-0.39, 0.29) is 22.5 Å². The molecule has 0 saturated heterocycles. The van der Waals surface area contributed by atoms with Gasteiger partial charge in [0.15, 0.2) is 5.78 Å². The van der Waals surface area contributed by atoms with E-state index >= 15 is 0 Å². The molecule has 0 rings (SSSR count). The number of allylic oxidation sites excluding steroid dienone is 1. The number of hydrogen-bond donors (Lipinski definition) is 1. The lowest BCUT2D eigenvalue weighted by Gasteiger charge is -2.42. The second-order valence-corrected chi connectivity index (χ2v) is 9.91. The number of nitrogens with one attached hydrogen (secondary N) is 1. The first-order valence-electron chi connectivity index (χ1n) is 9.77. The van der Waals surface area contributed by atoms with Gasteiger partial charge in [-0.1, -0.05) is 54.0 Å². The zero-order chi connectivity index (χ0) is 20.8. The summed E-state index contributed by atoms with van der Waals surface area (Å²) in [6.07, 6.45) is 4.87. The minimum absolute atomic E-state index is 0.0546. The fraction of sp³-hybridized carbons (Fsp3) is 0.818. The minimum Gasteiger partial charge on any atom is -0.444 e. The van der Waals surface area contributed by atoms with Crippen LogP contribution >= 0.6 is 0 Å². The first-order valence-corrected chi connectivity index (χ1v) is 9.77. The second-order valence-electron chi connectivity index (χ2n) is 9.91. The highest BCUT2D eigenvalue weighted by Gasteiger charge is 2.36. The van der Waals surface area contributed by atoms with E-state index in [1.54, 1.807) is 0 Å². The van der Waals surface area contributed by atoms with Crippen molar-refractivity contribution in [3.63, 3.8) is 0 Å². The number of hydrogen-bond acceptors (Lipinski definition) is 3. The summed E-state index contributed by atoms with van der Waals surface area (Å²) in [5.41, 5.74) is -0.338. The van der Waals surface area contributed by atoms with Gasteiger partial charge in [0.25, 0.3) is 0 Å². The molecule has 0 radical (unpaired) electrons. The van der Waals surface area contributed by atoms with Gasteiger partial charge in [-0.2, -0.15) is 0 Å². The van der Waals surface area contributed by atoms with Gasteiger partial charge in [-0.15, -0.1) is 6.58 Å². The summed E-state index contributed by atoms with van der Waals surface area (Å²) in [6, 6.07) is -0.497. The average Bonchev–Trinajstić information content (AvgIpc) is 2.42. The van der Waals surface area contributed by atoms with Crippen molar-refractivity contribution in [2.45, 2.75) is 99.6 Å². The zero-order valence-corrected chi connectivity index (χ0v) is 18.5. The maximum Gasteiger partial charge on any atom is 0.408 e. The Morgan fingerprint density at radius 3 is 2.00 bits per heavy atom. The molecule has 0 fully saturated rings. The van der Waals surface area contributed by atoms with E-state index in [0.717, 1.165) is 19.3 Å². The summed E-state index contributed by atoms with van der Waals surface area (Å²) >= 11 is 0. The molecule has 0 aliphatic heterocycles. The Bertz CT molecular complexity index is 484. The van der Waals surface area contributed by atoms with Crippen molar-refractivity contribution in [3.8, 4) is 0 Å². The fourth-order valence-electron chi connectivity index (χ4n) is 2.86. The van der Waals surface area contributed by atoms with Gasteiger partial charge in [-0.3, -0.25) is 4.79 Å². The molecule has 0 spiro atoms. The van der Waals surface area contributed by atoms with Crippen molar-refractivity contribution >= 4 is 11.9 Å². The van der Waals surface area contributed by atoms with Crippen molar-refractivity contribution in [3.05, 3.63) is 12.7 Å². The predicted octanol–water partition coefficient (Wildman–Crippen LogP) is 5.90. The normalized spacial score (nSPS) is 14.1. The Morgan fingerprint density at radius 1 is 1.04 bits per heavy atom. The molecule has 0 saturated carbocycles. The molecule has 0 aromatic rings. The number of rotatable bonds is 10. The van der Waals surface area contributed by atoms with Gasteiger partial charge < -0.3 is 10.1 Å². The third-order valence-electron chi connectivity index (χ3n) is 5.38. The molecule has 0 aliphatic rings. The topological polar surface area (TPSA) is 55.4 Å². The van der Waals surface area contributed by atoms with Crippen molar-refractivity contribution in [1.29, 1.82) is 0 Å². The zero-order valence-electron chi connectivity index (χ0n) is 18.5. The summed E-state index contributed by atoms with van der Waals surface area (Å²) in [5.74, 6) is -0.0702. The number of alkyl carbamates (subject to hydrolysis) is 1. The summed E-state index contributed by atoms with van der Waals surface area (Å²) in [4.78, 5) is 24.6. The van der Waals surface area contributed by atoms with Crippen molar-refractivity contribution < 1.29 is 14.3 Å². The van der Waals surface area contributed by atoms with Gasteiger partial charge in [0.1, 0.15) is 5.60 Å². The number of ether oxygens (including phenoxy) is 1. The van der Waals surface area contributed by atoms with E-state index < -0.39 is 17.7 Å². The fourth-order valence-corrected chi connectivity index (χ4v) is 2.86. The molecule has 0 aromatic carbocycles. The van der Waals surface area contributed by atoms with E-state index in [4.69, 9.17) is 4.74 Å². The highest BCUT2D eigenvalue weighted by Crippen LogP contribution is 2.45. The van der Waals surface area contributed by atoms with Gasteiger partial charge in [0.05, 0.1) is 6.04 Å². The maximum atomic E-state index is 12.5. The van der Waals surface area contributed by atoms with Gasteiger partial charge in [0.2, 0.25) is 0 Å². The minimum atomic E-state index is -0.577. The van der Waals surface area contributed by atoms with E-state index in [0.29, 0.717) is 6.42 Å². The molecule has 152 valence electrons. The number of ketones is 1. The molecule has 26 heavy (non-hydrogen) atoms. The second kappa shape index (κ2) is 9.57. The SMILES string of the molecule is C=CCC(C)(C)C(C)(C)CCCC(NC(=O)OC(C)(C)C)C(=O)C(C)C. The Balaban J connectivity index is 4.93. The highest BCUT2D eigenvalue weighted by atomic mass is 16.6. The van der Waals surface area contributed by atoms with Gasteiger partial charge in [-0.25, -0.2) is 4.79 Å². The largest absolute Gasteiger partial charge is 0.444 e. The predicted molar refractivity (Wildman–Crippen MR) is 109 cm³/mol. The summed E-state index contributed by atoms with van der Waals surface area (Å²) < 4.78 is 5.32. The van der Waals surface area contributed by atoms with Gasteiger partial charge >= 0.3 is 6.09 Å². The first kappa shape index (κ1) is 24.7. The number of Topliss-reactive ketones (excluding diaryl/α,β-unsaturated/α-hetero) is 1. The molecule has 0 heterocycles. The molecule has 4 nitrogen and oxygen atoms in total. The molecule has 0 bridgehead atoms. The van der Waals surface area contributed by atoms with Crippen LogP contribution in [0.5, 0.6) is 0 Å². The lowest BCUT2D eigenvalue weighted by atomic mass is 9.64. The highest BCUT2D eigenvalue weighted by molar-refractivity contribution is 5.88. The Kier molecular flexibility index (Phi) is 9.08. The van der Waals surface area contributed by atoms with E-state index in [1.807, 2.05) is 40.7 Å². The van der Waals surface area contributed by atoms with Crippen molar-refractivity contribution in [2.75, 3.05) is 0 Å². The molecule has 1 N–H and O–H groups in total. The summed E-state index contributed by atoms with van der Waals surface area (Å²) in [5, 5.41) is 2.78. The average molecular weight is 368 g/mol. The van der Waals surface area contributed by atoms with Crippen LogP contribution in [0.4, 0.5) is 4.79 Å². The maximum absolute atomic E-state index is 12.5. The molecule has 4 heteroatoms. The molecule has 0 aliphatic carbocycles. The van der Waals surface area contributed by atoms with Gasteiger partial charge in [-0.05, 0) is 50.9 Å². The van der Waals surface area contributed by atoms with E-state index in [9.17, 15) is 9.59 Å². The molecule has 1 atom stereocenters. The first-order chi connectivity index (χ1) is 11.6. The van der Waals surface area contributed by atoms with Crippen LogP contribution in [0.2, 0.25) is 0 Å². The third kappa shape index (κ3) is 8.37. The quantitative estimate of drug-likeness (QED) is 0.489. The molecule has 1 unspecified atom stereocenters. The Hall–Kier alpha value is -1.32. The number of carbonyl (C=O) groups excluding carboxylic acids is 2. The lowest BCUT2D eigenvalue weighted by molar-refractivity contribution is -0.124. The summed E-state index contributed by atoms with van der Waals surface area (Å²) in [6.45, 7) is 22.1.